The van der Waals surface area contributed by atoms with Gasteiger partial charge >= 0.3 is 0 Å². The van der Waals surface area contributed by atoms with Gasteiger partial charge in [-0.25, -0.2) is 4.90 Å². The molecule has 9 heteroatoms. The third kappa shape index (κ3) is 3.70. The third-order valence-electron chi connectivity index (χ3n) is 5.82. The van der Waals surface area contributed by atoms with E-state index in [0.29, 0.717) is 47.2 Å². The molecule has 0 bridgehead atoms. The Morgan fingerprint density at radius 1 is 1.03 bits per heavy atom. The maximum Gasteiger partial charge on any atom is 0.282 e. The Morgan fingerprint density at radius 2 is 1.74 bits per heavy atom. The van der Waals surface area contributed by atoms with Gasteiger partial charge in [0.15, 0.2) is 0 Å². The fourth-order valence-electron chi connectivity index (χ4n) is 4.21. The van der Waals surface area contributed by atoms with E-state index in [0.717, 1.165) is 24.4 Å². The molecular formula is C22H26ClN5O3. The number of hydrogen-bond acceptors (Lipinski definition) is 5. The number of amides is 2. The van der Waals surface area contributed by atoms with E-state index in [1.807, 2.05) is 18.9 Å². The topological polar surface area (TPSA) is 81.7 Å². The summed E-state index contributed by atoms with van der Waals surface area (Å²) in [6, 6.07) is 6.65. The average molecular weight is 444 g/mol. The van der Waals surface area contributed by atoms with Crippen LogP contribution in [0.4, 0.5) is 5.69 Å². The zero-order valence-electron chi connectivity index (χ0n) is 17.9. The molecular weight excluding hydrogens is 418 g/mol. The number of H-pyrrole nitrogens is 1. The highest BCUT2D eigenvalue weighted by Crippen LogP contribution is 2.36. The first-order valence-corrected chi connectivity index (χ1v) is 10.8. The molecule has 1 saturated heterocycles. The summed E-state index contributed by atoms with van der Waals surface area (Å²) >= 11 is 6.13. The van der Waals surface area contributed by atoms with E-state index in [4.69, 9.17) is 11.6 Å². The van der Waals surface area contributed by atoms with Crippen LogP contribution in [0.25, 0.3) is 5.57 Å². The van der Waals surface area contributed by atoms with Gasteiger partial charge in [-0.2, -0.15) is 0 Å². The lowest BCUT2D eigenvalue weighted by Crippen LogP contribution is -2.46. The average Bonchev–Trinajstić information content (AvgIpc) is 3.14. The Bertz CT molecular complexity index is 1120. The van der Waals surface area contributed by atoms with Crippen LogP contribution in [0.3, 0.4) is 0 Å². The smallest absolute Gasteiger partial charge is 0.282 e. The fourth-order valence-corrected chi connectivity index (χ4v) is 4.40. The minimum Gasteiger partial charge on any atom is -0.364 e. The summed E-state index contributed by atoms with van der Waals surface area (Å²) in [6.45, 7) is 4.74. The lowest BCUT2D eigenvalue weighted by Gasteiger charge is -2.34. The summed E-state index contributed by atoms with van der Waals surface area (Å²) in [5.74, 6) is -0.909. The molecule has 31 heavy (non-hydrogen) atoms. The van der Waals surface area contributed by atoms with Crippen LogP contribution in [-0.2, 0) is 23.1 Å². The summed E-state index contributed by atoms with van der Waals surface area (Å²) in [5.41, 5.74) is 1.53. The van der Waals surface area contributed by atoms with Crippen LogP contribution >= 0.6 is 11.6 Å². The molecule has 0 saturated carbocycles. The highest BCUT2D eigenvalue weighted by molar-refractivity contribution is 6.45. The monoisotopic (exact) mass is 443 g/mol. The molecule has 0 aliphatic carbocycles. The number of carbonyl (C=O) groups is 2. The van der Waals surface area contributed by atoms with Crippen molar-refractivity contribution in [1.82, 2.24) is 19.6 Å². The number of aromatic amines is 1. The van der Waals surface area contributed by atoms with Crippen molar-refractivity contribution in [3.8, 4) is 0 Å². The number of carbonyl (C=O) groups excluding carboxylic acids is 2. The van der Waals surface area contributed by atoms with Gasteiger partial charge in [-0.05, 0) is 31.7 Å². The second kappa shape index (κ2) is 8.36. The van der Waals surface area contributed by atoms with Gasteiger partial charge in [-0.1, -0.05) is 31.0 Å². The molecule has 1 fully saturated rings. The van der Waals surface area contributed by atoms with Crippen LogP contribution < -0.4 is 10.5 Å². The van der Waals surface area contributed by atoms with Crippen LogP contribution in [-0.4, -0.2) is 64.6 Å². The first-order chi connectivity index (χ1) is 14.8. The van der Waals surface area contributed by atoms with Crippen molar-refractivity contribution in [2.24, 2.45) is 7.05 Å². The van der Waals surface area contributed by atoms with E-state index in [9.17, 15) is 14.4 Å². The highest BCUT2D eigenvalue weighted by atomic mass is 35.5. The Balaban J connectivity index is 1.90. The first-order valence-electron chi connectivity index (χ1n) is 10.4. The number of piperazine rings is 1. The molecule has 1 aromatic heterocycles. The predicted molar refractivity (Wildman–Crippen MR) is 120 cm³/mol. The van der Waals surface area contributed by atoms with Gasteiger partial charge in [0.1, 0.15) is 5.70 Å². The van der Waals surface area contributed by atoms with Crippen molar-refractivity contribution in [1.29, 1.82) is 0 Å². The minimum atomic E-state index is -0.491. The molecule has 2 amide bonds. The quantitative estimate of drug-likeness (QED) is 0.713. The van der Waals surface area contributed by atoms with Crippen molar-refractivity contribution < 1.29 is 9.59 Å². The number of anilines is 1. The molecule has 3 heterocycles. The van der Waals surface area contributed by atoms with E-state index in [1.165, 1.54) is 4.68 Å². The van der Waals surface area contributed by atoms with E-state index < -0.39 is 11.8 Å². The van der Waals surface area contributed by atoms with Gasteiger partial charge in [-0.3, -0.25) is 24.2 Å². The Kier molecular flexibility index (Phi) is 5.77. The van der Waals surface area contributed by atoms with Crippen molar-refractivity contribution in [2.75, 3.05) is 38.1 Å². The van der Waals surface area contributed by atoms with E-state index in [-0.39, 0.29) is 11.1 Å². The Hall–Kier alpha value is -2.84. The summed E-state index contributed by atoms with van der Waals surface area (Å²) in [7, 11) is 3.64. The molecule has 164 valence electrons. The number of hydrogen-bond donors (Lipinski definition) is 1. The number of aryl methyl sites for hydroxylation is 2. The SMILES string of the molecule is CCCc1[nH]n(C)c(=O)c1C1=C(N2CCN(C)CC2)C(=O)N(c2cccc(Cl)c2)C1=O. The Morgan fingerprint density at radius 3 is 2.39 bits per heavy atom. The second-order valence-corrected chi connectivity index (χ2v) is 8.46. The number of likely N-dealkylation sites (N-methyl/N-ethyl adjacent to an activating group) is 1. The third-order valence-corrected chi connectivity index (χ3v) is 6.05. The molecule has 8 nitrogen and oxygen atoms in total. The van der Waals surface area contributed by atoms with Crippen molar-refractivity contribution in [3.05, 3.63) is 56.6 Å². The van der Waals surface area contributed by atoms with E-state index in [1.54, 1.807) is 31.3 Å². The summed E-state index contributed by atoms with van der Waals surface area (Å²) in [6.07, 6.45) is 1.40. The second-order valence-electron chi connectivity index (χ2n) is 8.02. The molecule has 0 unspecified atom stereocenters. The minimum absolute atomic E-state index is 0.180. The zero-order valence-corrected chi connectivity index (χ0v) is 18.7. The standard InChI is InChI=1S/C22H26ClN5O3/c1-4-6-16-17(20(29)26(3)24-16)18-19(27-11-9-25(2)10-12-27)22(31)28(21(18)30)15-8-5-7-14(23)13-15/h5,7-8,13,24H,4,6,9-12H2,1-3H3. The Labute approximate surface area is 185 Å². The van der Waals surface area contributed by atoms with Gasteiger partial charge < -0.3 is 9.80 Å². The summed E-state index contributed by atoms with van der Waals surface area (Å²) in [5, 5.41) is 3.49. The van der Waals surface area contributed by atoms with Crippen LogP contribution in [0, 0.1) is 0 Å². The molecule has 1 aromatic carbocycles. The number of halogens is 1. The molecule has 0 spiro atoms. The molecule has 1 N–H and O–H groups in total. The lowest BCUT2D eigenvalue weighted by atomic mass is 10.0. The lowest BCUT2D eigenvalue weighted by molar-refractivity contribution is -0.120. The number of rotatable bonds is 5. The predicted octanol–water partition coefficient (Wildman–Crippen LogP) is 1.85. The number of nitrogens with zero attached hydrogens (tertiary/aromatic N) is 4. The molecule has 0 atom stereocenters. The van der Waals surface area contributed by atoms with Gasteiger partial charge in [0.2, 0.25) is 0 Å². The molecule has 2 aromatic rings. The van der Waals surface area contributed by atoms with Gasteiger partial charge in [0.05, 0.1) is 16.8 Å². The molecule has 2 aliphatic rings. The van der Waals surface area contributed by atoms with Crippen LogP contribution in [0.5, 0.6) is 0 Å². The maximum atomic E-state index is 13.7. The van der Waals surface area contributed by atoms with Crippen molar-refractivity contribution in [3.63, 3.8) is 0 Å². The van der Waals surface area contributed by atoms with Crippen LogP contribution in [0.2, 0.25) is 5.02 Å². The number of benzene rings is 1. The summed E-state index contributed by atoms with van der Waals surface area (Å²) in [4.78, 5) is 45.6. The molecule has 2 aliphatic heterocycles. The van der Waals surface area contributed by atoms with Crippen molar-refractivity contribution >= 4 is 34.7 Å². The van der Waals surface area contributed by atoms with Crippen molar-refractivity contribution in [2.45, 2.75) is 19.8 Å². The van der Waals surface area contributed by atoms with Crippen LogP contribution in [0.1, 0.15) is 24.6 Å². The van der Waals surface area contributed by atoms with Gasteiger partial charge in [0, 0.05) is 43.9 Å². The number of aromatic nitrogens is 2. The number of imide groups is 1. The van der Waals surface area contributed by atoms with Crippen LogP contribution in [0.15, 0.2) is 34.8 Å². The largest absolute Gasteiger partial charge is 0.364 e. The van der Waals surface area contributed by atoms with E-state index in [2.05, 4.69) is 10.00 Å². The fraction of sp³-hybridized carbons (Fsp3) is 0.409. The highest BCUT2D eigenvalue weighted by Gasteiger charge is 2.45. The normalized spacial score (nSPS) is 17.9. The molecule has 4 rings (SSSR count). The van der Waals surface area contributed by atoms with Gasteiger partial charge in [-0.15, -0.1) is 0 Å². The zero-order chi connectivity index (χ0) is 22.3. The first kappa shape index (κ1) is 21.4. The van der Waals surface area contributed by atoms with Gasteiger partial charge in [0.25, 0.3) is 17.4 Å². The molecule has 0 radical (unpaired) electrons. The maximum absolute atomic E-state index is 13.7. The summed E-state index contributed by atoms with van der Waals surface area (Å²) < 4.78 is 1.37. The number of nitrogens with one attached hydrogen (secondary N) is 1. The van der Waals surface area contributed by atoms with E-state index >= 15 is 0 Å².